The largest absolute Gasteiger partial charge is 0.472 e. The highest BCUT2D eigenvalue weighted by molar-refractivity contribution is 5.07. The van der Waals surface area contributed by atoms with E-state index < -0.39 is 0 Å². The summed E-state index contributed by atoms with van der Waals surface area (Å²) >= 11 is 0. The van der Waals surface area contributed by atoms with Crippen molar-refractivity contribution in [1.29, 1.82) is 0 Å². The second kappa shape index (κ2) is 10.2. The minimum absolute atomic E-state index is 0.615. The Morgan fingerprint density at radius 2 is 1.94 bits per heavy atom. The van der Waals surface area contributed by atoms with Gasteiger partial charge in [0.2, 0.25) is 0 Å². The molecule has 18 heavy (non-hydrogen) atoms. The average Bonchev–Trinajstić information content (AvgIpc) is 2.88. The molecule has 2 nitrogen and oxygen atoms in total. The van der Waals surface area contributed by atoms with E-state index in [1.165, 1.54) is 50.5 Å². The number of hydrogen-bond donors (Lipinski definition) is 1. The van der Waals surface area contributed by atoms with Crippen LogP contribution in [0.5, 0.6) is 0 Å². The van der Waals surface area contributed by atoms with Crippen LogP contribution in [0, 0.1) is 0 Å². The molecule has 0 saturated heterocycles. The van der Waals surface area contributed by atoms with Gasteiger partial charge in [-0.1, -0.05) is 46.0 Å². The van der Waals surface area contributed by atoms with E-state index in [4.69, 9.17) is 4.42 Å². The molecule has 2 heteroatoms. The lowest BCUT2D eigenvalue weighted by molar-refractivity contribution is 0.449. The molecule has 1 aromatic rings. The van der Waals surface area contributed by atoms with Crippen LogP contribution < -0.4 is 5.32 Å². The van der Waals surface area contributed by atoms with E-state index in [1.807, 2.05) is 6.26 Å². The molecular formula is C16H29NO. The third-order valence-electron chi connectivity index (χ3n) is 3.40. The van der Waals surface area contributed by atoms with E-state index >= 15 is 0 Å². The van der Waals surface area contributed by atoms with Gasteiger partial charge in [-0.25, -0.2) is 0 Å². The van der Waals surface area contributed by atoms with E-state index in [1.54, 1.807) is 6.26 Å². The van der Waals surface area contributed by atoms with Gasteiger partial charge in [-0.3, -0.25) is 0 Å². The Kier molecular flexibility index (Phi) is 8.66. The Hall–Kier alpha value is -0.760. The predicted octanol–water partition coefficient (Wildman–Crippen LogP) is 4.55. The normalized spacial score (nSPS) is 12.8. The molecule has 0 spiro atoms. The first-order valence-corrected chi connectivity index (χ1v) is 7.61. The number of nitrogens with one attached hydrogen (secondary N) is 1. The van der Waals surface area contributed by atoms with Crippen molar-refractivity contribution < 1.29 is 4.42 Å². The van der Waals surface area contributed by atoms with Crippen molar-refractivity contribution in [3.05, 3.63) is 24.2 Å². The molecule has 0 saturated carbocycles. The maximum atomic E-state index is 5.15. The van der Waals surface area contributed by atoms with Gasteiger partial charge in [-0.2, -0.15) is 0 Å². The van der Waals surface area contributed by atoms with Gasteiger partial charge in [-0.05, 0) is 37.4 Å². The number of unbranched alkanes of at least 4 members (excludes halogenated alkanes) is 4. The van der Waals surface area contributed by atoms with E-state index in [2.05, 4.69) is 25.2 Å². The summed E-state index contributed by atoms with van der Waals surface area (Å²) in [6.45, 7) is 5.62. The Morgan fingerprint density at radius 1 is 1.11 bits per heavy atom. The second-order valence-electron chi connectivity index (χ2n) is 5.19. The van der Waals surface area contributed by atoms with Crippen molar-refractivity contribution in [3.8, 4) is 0 Å². The lowest BCUT2D eigenvalue weighted by Crippen LogP contribution is -2.31. The number of furan rings is 1. The summed E-state index contributed by atoms with van der Waals surface area (Å²) in [6, 6.07) is 2.70. The molecule has 0 radical (unpaired) electrons. The van der Waals surface area contributed by atoms with Crippen molar-refractivity contribution in [1.82, 2.24) is 5.32 Å². The zero-order chi connectivity index (χ0) is 13.1. The van der Waals surface area contributed by atoms with Crippen LogP contribution in [0.4, 0.5) is 0 Å². The van der Waals surface area contributed by atoms with Gasteiger partial charge in [0.05, 0.1) is 12.5 Å². The van der Waals surface area contributed by atoms with Crippen molar-refractivity contribution in [2.75, 3.05) is 6.54 Å². The highest BCUT2D eigenvalue weighted by Crippen LogP contribution is 2.12. The molecule has 0 aliphatic carbocycles. The number of rotatable bonds is 11. The SMILES string of the molecule is CCCCCCCC(Cc1ccoc1)NCCC. The molecule has 1 aromatic heterocycles. The first kappa shape index (κ1) is 15.3. The maximum Gasteiger partial charge on any atom is 0.0935 e. The molecule has 0 bridgehead atoms. The minimum Gasteiger partial charge on any atom is -0.472 e. The molecule has 0 aliphatic heterocycles. The van der Waals surface area contributed by atoms with Crippen LogP contribution in [0.1, 0.15) is 64.4 Å². The maximum absolute atomic E-state index is 5.15. The summed E-state index contributed by atoms with van der Waals surface area (Å²) in [5, 5.41) is 3.66. The van der Waals surface area contributed by atoms with Gasteiger partial charge in [-0.15, -0.1) is 0 Å². The Labute approximate surface area is 112 Å². The van der Waals surface area contributed by atoms with E-state index in [0.717, 1.165) is 13.0 Å². The van der Waals surface area contributed by atoms with Crippen LogP contribution in [0.25, 0.3) is 0 Å². The van der Waals surface area contributed by atoms with Crippen molar-refractivity contribution in [3.63, 3.8) is 0 Å². The lowest BCUT2D eigenvalue weighted by atomic mass is 10.0. The topological polar surface area (TPSA) is 25.2 Å². The summed E-state index contributed by atoms with van der Waals surface area (Å²) < 4.78 is 5.15. The number of hydrogen-bond acceptors (Lipinski definition) is 2. The van der Waals surface area contributed by atoms with Crippen molar-refractivity contribution in [2.45, 2.75) is 71.3 Å². The van der Waals surface area contributed by atoms with Gasteiger partial charge >= 0.3 is 0 Å². The molecule has 1 N–H and O–H groups in total. The van der Waals surface area contributed by atoms with Gasteiger partial charge in [0, 0.05) is 6.04 Å². The first-order valence-electron chi connectivity index (χ1n) is 7.61. The fraction of sp³-hybridized carbons (Fsp3) is 0.750. The minimum atomic E-state index is 0.615. The van der Waals surface area contributed by atoms with E-state index in [-0.39, 0.29) is 0 Å². The third-order valence-corrected chi connectivity index (χ3v) is 3.40. The molecule has 104 valence electrons. The standard InChI is InChI=1S/C16H29NO/c1-3-5-6-7-8-9-16(17-11-4-2)13-15-10-12-18-14-15/h10,12,14,16-17H,3-9,11,13H2,1-2H3. The molecule has 0 aromatic carbocycles. The molecular weight excluding hydrogens is 222 g/mol. The Bertz CT molecular complexity index is 269. The van der Waals surface area contributed by atoms with E-state index in [0.29, 0.717) is 6.04 Å². The third kappa shape index (κ3) is 6.85. The van der Waals surface area contributed by atoms with Crippen LogP contribution in [0.3, 0.4) is 0 Å². The molecule has 0 amide bonds. The lowest BCUT2D eigenvalue weighted by Gasteiger charge is -2.17. The zero-order valence-electron chi connectivity index (χ0n) is 12.1. The van der Waals surface area contributed by atoms with Gasteiger partial charge in [0.25, 0.3) is 0 Å². The highest BCUT2D eigenvalue weighted by atomic mass is 16.3. The molecule has 0 fully saturated rings. The summed E-state index contributed by atoms with van der Waals surface area (Å²) in [4.78, 5) is 0. The van der Waals surface area contributed by atoms with Crippen molar-refractivity contribution in [2.24, 2.45) is 0 Å². The fourth-order valence-corrected chi connectivity index (χ4v) is 2.31. The smallest absolute Gasteiger partial charge is 0.0935 e. The van der Waals surface area contributed by atoms with Crippen LogP contribution in [-0.2, 0) is 6.42 Å². The molecule has 1 atom stereocenters. The van der Waals surface area contributed by atoms with Crippen molar-refractivity contribution >= 4 is 0 Å². The molecule has 1 heterocycles. The van der Waals surface area contributed by atoms with Crippen LogP contribution >= 0.6 is 0 Å². The summed E-state index contributed by atoms with van der Waals surface area (Å²) in [6.07, 6.45) is 14.1. The zero-order valence-corrected chi connectivity index (χ0v) is 12.1. The summed E-state index contributed by atoms with van der Waals surface area (Å²) in [7, 11) is 0. The molecule has 1 rings (SSSR count). The Balaban J connectivity index is 2.22. The first-order chi connectivity index (χ1) is 8.86. The summed E-state index contributed by atoms with van der Waals surface area (Å²) in [5.74, 6) is 0. The van der Waals surface area contributed by atoms with Gasteiger partial charge in [0.1, 0.15) is 0 Å². The quantitative estimate of drug-likeness (QED) is 0.584. The van der Waals surface area contributed by atoms with Gasteiger partial charge in [0.15, 0.2) is 0 Å². The molecule has 0 aliphatic rings. The van der Waals surface area contributed by atoms with Crippen LogP contribution in [0.2, 0.25) is 0 Å². The van der Waals surface area contributed by atoms with E-state index in [9.17, 15) is 0 Å². The van der Waals surface area contributed by atoms with Gasteiger partial charge < -0.3 is 9.73 Å². The predicted molar refractivity (Wildman–Crippen MR) is 77.9 cm³/mol. The second-order valence-corrected chi connectivity index (χ2v) is 5.19. The highest BCUT2D eigenvalue weighted by Gasteiger charge is 2.09. The van der Waals surface area contributed by atoms with Crippen LogP contribution in [0.15, 0.2) is 23.0 Å². The average molecular weight is 251 g/mol. The van der Waals surface area contributed by atoms with Crippen LogP contribution in [-0.4, -0.2) is 12.6 Å². The summed E-state index contributed by atoms with van der Waals surface area (Å²) in [5.41, 5.74) is 1.32. The monoisotopic (exact) mass is 251 g/mol. The molecule has 1 unspecified atom stereocenters. The Morgan fingerprint density at radius 3 is 2.61 bits per heavy atom. The fourth-order valence-electron chi connectivity index (χ4n) is 2.31.